The lowest BCUT2D eigenvalue weighted by Gasteiger charge is -2.12. The van der Waals surface area contributed by atoms with Gasteiger partial charge in [0.25, 0.3) is 6.20 Å². The minimum absolute atomic E-state index is 0. The van der Waals surface area contributed by atoms with Gasteiger partial charge in [-0.25, -0.2) is 0 Å². The molecule has 0 aliphatic carbocycles. The first kappa shape index (κ1) is 20.0. The second kappa shape index (κ2) is 10.7. The SMILES string of the molecule is CN(C)Cc1cccc(OCCCNC(N)=C[N+](=O)[O-])c1.Cl. The van der Waals surface area contributed by atoms with Crippen LogP contribution in [0, 0.1) is 10.1 Å². The van der Waals surface area contributed by atoms with Crippen LogP contribution in [0.3, 0.4) is 0 Å². The maximum Gasteiger partial charge on any atom is 0.273 e. The molecule has 0 fully saturated rings. The summed E-state index contributed by atoms with van der Waals surface area (Å²) >= 11 is 0. The third-order valence-electron chi connectivity index (χ3n) is 2.56. The number of halogens is 1. The van der Waals surface area contributed by atoms with E-state index in [0.29, 0.717) is 19.6 Å². The molecule has 22 heavy (non-hydrogen) atoms. The summed E-state index contributed by atoms with van der Waals surface area (Å²) in [4.78, 5) is 11.7. The number of nitrogens with two attached hydrogens (primary N) is 1. The van der Waals surface area contributed by atoms with Crippen LogP contribution in [0.25, 0.3) is 0 Å². The van der Waals surface area contributed by atoms with Gasteiger partial charge >= 0.3 is 0 Å². The van der Waals surface area contributed by atoms with Crippen molar-refractivity contribution >= 4 is 12.4 Å². The van der Waals surface area contributed by atoms with Gasteiger partial charge in [0.15, 0.2) is 5.82 Å². The molecule has 1 rings (SSSR count). The number of nitrogens with zero attached hydrogens (tertiary/aromatic N) is 2. The lowest BCUT2D eigenvalue weighted by Crippen LogP contribution is -2.23. The van der Waals surface area contributed by atoms with E-state index in [1.54, 1.807) is 0 Å². The number of rotatable bonds is 9. The van der Waals surface area contributed by atoms with Crippen LogP contribution in [0.5, 0.6) is 5.75 Å². The van der Waals surface area contributed by atoms with Gasteiger partial charge in [-0.3, -0.25) is 10.1 Å². The van der Waals surface area contributed by atoms with Crippen molar-refractivity contribution in [2.24, 2.45) is 5.73 Å². The summed E-state index contributed by atoms with van der Waals surface area (Å²) in [6.07, 6.45) is 1.44. The largest absolute Gasteiger partial charge is 0.494 e. The first-order chi connectivity index (χ1) is 9.97. The molecule has 0 saturated heterocycles. The molecule has 8 heteroatoms. The molecule has 0 saturated carbocycles. The Morgan fingerprint density at radius 3 is 2.86 bits per heavy atom. The molecule has 0 radical (unpaired) electrons. The maximum atomic E-state index is 10.2. The zero-order valence-corrected chi connectivity index (χ0v) is 13.6. The molecular formula is C14H23ClN4O3. The van der Waals surface area contributed by atoms with Gasteiger partial charge in [0.2, 0.25) is 0 Å². The summed E-state index contributed by atoms with van der Waals surface area (Å²) < 4.78 is 5.64. The van der Waals surface area contributed by atoms with Gasteiger partial charge in [-0.1, -0.05) is 12.1 Å². The van der Waals surface area contributed by atoms with E-state index in [4.69, 9.17) is 10.5 Å². The number of nitro groups is 1. The topological polar surface area (TPSA) is 93.7 Å². The van der Waals surface area contributed by atoms with Crippen molar-refractivity contribution in [2.45, 2.75) is 13.0 Å². The van der Waals surface area contributed by atoms with Crippen LogP contribution in [-0.2, 0) is 6.54 Å². The molecule has 0 unspecified atom stereocenters. The number of nitrogens with one attached hydrogen (secondary N) is 1. The zero-order chi connectivity index (χ0) is 15.7. The third kappa shape index (κ3) is 9.04. The fourth-order valence-corrected chi connectivity index (χ4v) is 1.75. The first-order valence-corrected chi connectivity index (χ1v) is 6.68. The van der Waals surface area contributed by atoms with Crippen LogP contribution in [0.2, 0.25) is 0 Å². The van der Waals surface area contributed by atoms with E-state index < -0.39 is 4.92 Å². The van der Waals surface area contributed by atoms with Gasteiger partial charge < -0.3 is 20.7 Å². The molecule has 1 aromatic carbocycles. The maximum absolute atomic E-state index is 10.2. The monoisotopic (exact) mass is 330 g/mol. The predicted molar refractivity (Wildman–Crippen MR) is 88.5 cm³/mol. The highest BCUT2D eigenvalue weighted by Crippen LogP contribution is 2.14. The van der Waals surface area contributed by atoms with Gasteiger partial charge in [0.05, 0.1) is 11.5 Å². The quantitative estimate of drug-likeness (QED) is 0.405. The molecule has 7 nitrogen and oxygen atoms in total. The fraction of sp³-hybridized carbons (Fsp3) is 0.429. The molecule has 0 aliphatic heterocycles. The molecular weight excluding hydrogens is 308 g/mol. The normalized spacial score (nSPS) is 11.0. The summed E-state index contributed by atoms with van der Waals surface area (Å²) in [5.41, 5.74) is 6.59. The second-order valence-electron chi connectivity index (χ2n) is 4.88. The molecule has 0 heterocycles. The lowest BCUT2D eigenvalue weighted by molar-refractivity contribution is -0.403. The molecule has 3 N–H and O–H groups in total. The molecule has 0 aliphatic rings. The number of hydrogen-bond donors (Lipinski definition) is 2. The van der Waals surface area contributed by atoms with Crippen molar-refractivity contribution < 1.29 is 9.66 Å². The second-order valence-corrected chi connectivity index (χ2v) is 4.88. The van der Waals surface area contributed by atoms with E-state index in [0.717, 1.165) is 18.5 Å². The summed E-state index contributed by atoms with van der Waals surface area (Å²) in [5.74, 6) is 0.871. The molecule has 0 amide bonds. The molecule has 0 atom stereocenters. The average Bonchev–Trinajstić information content (AvgIpc) is 2.37. The fourth-order valence-electron chi connectivity index (χ4n) is 1.75. The Kier molecular flexibility index (Phi) is 9.73. The van der Waals surface area contributed by atoms with E-state index in [1.807, 2.05) is 32.3 Å². The Hall–Kier alpha value is -1.99. The highest BCUT2D eigenvalue weighted by Gasteiger charge is 1.99. The average molecular weight is 331 g/mol. The van der Waals surface area contributed by atoms with Gasteiger partial charge in [-0.05, 0) is 38.2 Å². The van der Waals surface area contributed by atoms with Crippen molar-refractivity contribution in [3.05, 3.63) is 52.0 Å². The van der Waals surface area contributed by atoms with E-state index >= 15 is 0 Å². The van der Waals surface area contributed by atoms with Gasteiger partial charge in [-0.15, -0.1) is 12.4 Å². The van der Waals surface area contributed by atoms with E-state index in [-0.39, 0.29) is 18.2 Å². The number of hydrogen-bond acceptors (Lipinski definition) is 6. The number of ether oxygens (including phenoxy) is 1. The van der Waals surface area contributed by atoms with Crippen LogP contribution < -0.4 is 15.8 Å². The minimum atomic E-state index is -0.588. The van der Waals surface area contributed by atoms with Crippen LogP contribution in [-0.4, -0.2) is 37.1 Å². The Bertz CT molecular complexity index is 495. The standard InChI is InChI=1S/C14H22N4O3.ClH/c1-17(2)10-12-5-3-6-13(9-12)21-8-4-7-16-14(15)11-18(19)20;/h3,5-6,9,11,16H,4,7-8,10,15H2,1-2H3;1H. The zero-order valence-electron chi connectivity index (χ0n) is 12.8. The lowest BCUT2D eigenvalue weighted by atomic mass is 10.2. The summed E-state index contributed by atoms with van der Waals surface area (Å²) in [6, 6.07) is 7.93. The Morgan fingerprint density at radius 1 is 1.50 bits per heavy atom. The van der Waals surface area contributed by atoms with E-state index in [1.165, 1.54) is 5.56 Å². The number of benzene rings is 1. The van der Waals surface area contributed by atoms with Crippen LogP contribution in [0.4, 0.5) is 0 Å². The highest BCUT2D eigenvalue weighted by atomic mass is 35.5. The summed E-state index contributed by atoms with van der Waals surface area (Å²) in [6.45, 7) is 1.90. The van der Waals surface area contributed by atoms with Crippen LogP contribution in [0.15, 0.2) is 36.3 Å². The van der Waals surface area contributed by atoms with Gasteiger partial charge in [0, 0.05) is 13.1 Å². The van der Waals surface area contributed by atoms with Crippen molar-refractivity contribution in [3.63, 3.8) is 0 Å². The van der Waals surface area contributed by atoms with Crippen molar-refractivity contribution in [3.8, 4) is 5.75 Å². The Balaban J connectivity index is 0.00000441. The van der Waals surface area contributed by atoms with E-state index in [9.17, 15) is 10.1 Å². The van der Waals surface area contributed by atoms with Crippen LogP contribution in [0.1, 0.15) is 12.0 Å². The Morgan fingerprint density at radius 2 is 2.23 bits per heavy atom. The van der Waals surface area contributed by atoms with Gasteiger partial charge in [-0.2, -0.15) is 0 Å². The third-order valence-corrected chi connectivity index (χ3v) is 2.56. The molecule has 0 spiro atoms. The minimum Gasteiger partial charge on any atom is -0.494 e. The molecule has 1 aromatic rings. The summed E-state index contributed by atoms with van der Waals surface area (Å²) in [5, 5.41) is 12.9. The smallest absolute Gasteiger partial charge is 0.273 e. The van der Waals surface area contributed by atoms with Crippen molar-refractivity contribution in [2.75, 3.05) is 27.2 Å². The highest BCUT2D eigenvalue weighted by molar-refractivity contribution is 5.85. The predicted octanol–water partition coefficient (Wildman–Crippen LogP) is 1.56. The molecule has 124 valence electrons. The Labute approximate surface area is 136 Å². The first-order valence-electron chi connectivity index (χ1n) is 6.68. The van der Waals surface area contributed by atoms with Crippen molar-refractivity contribution in [1.29, 1.82) is 0 Å². The summed E-state index contributed by atoms with van der Waals surface area (Å²) in [7, 11) is 4.03. The van der Waals surface area contributed by atoms with Crippen LogP contribution >= 0.6 is 12.4 Å². The van der Waals surface area contributed by atoms with E-state index in [2.05, 4.69) is 16.3 Å². The van der Waals surface area contributed by atoms with Gasteiger partial charge in [0.1, 0.15) is 5.75 Å². The molecule has 0 bridgehead atoms. The van der Waals surface area contributed by atoms with Crippen molar-refractivity contribution in [1.82, 2.24) is 10.2 Å². The molecule has 0 aromatic heterocycles.